The summed E-state index contributed by atoms with van der Waals surface area (Å²) in [6.07, 6.45) is -0.907. The van der Waals surface area contributed by atoms with E-state index in [1.165, 1.54) is 37.5 Å². The molecule has 0 fully saturated rings. The van der Waals surface area contributed by atoms with Gasteiger partial charge in [0.25, 0.3) is 0 Å². The van der Waals surface area contributed by atoms with Gasteiger partial charge in [-0.25, -0.2) is 19.2 Å². The average Bonchev–Trinajstić information content (AvgIpc) is 2.81. The monoisotopic (exact) mass is 488 g/mol. The quantitative estimate of drug-likeness (QED) is 0.184. The fraction of sp³-hybridized carbons (Fsp3) is 0.130. The Labute approximate surface area is 197 Å². The molecule has 2 atom stereocenters. The van der Waals surface area contributed by atoms with Gasteiger partial charge < -0.3 is 39.7 Å². The number of carbonyl (C=O) groups is 4. The molecule has 184 valence electrons. The molecule has 0 unspecified atom stereocenters. The van der Waals surface area contributed by atoms with Gasteiger partial charge in [-0.2, -0.15) is 0 Å². The van der Waals surface area contributed by atoms with Gasteiger partial charge in [0.1, 0.15) is 0 Å². The van der Waals surface area contributed by atoms with Crippen molar-refractivity contribution >= 4 is 36.0 Å². The minimum atomic E-state index is -2.39. The van der Waals surface area contributed by atoms with E-state index in [4.69, 9.17) is 4.74 Å². The molecule has 0 aliphatic heterocycles. The largest absolute Gasteiger partial charge is 0.504 e. The molecule has 0 aliphatic carbocycles. The number of hydrogen-bond acceptors (Lipinski definition) is 10. The van der Waals surface area contributed by atoms with Crippen molar-refractivity contribution in [3.05, 3.63) is 59.7 Å². The maximum absolute atomic E-state index is 12.1. The number of aliphatic carboxylic acids is 2. The van der Waals surface area contributed by atoms with Crippen molar-refractivity contribution in [2.45, 2.75) is 12.2 Å². The highest BCUT2D eigenvalue weighted by Crippen LogP contribution is 2.27. The number of benzene rings is 2. The summed E-state index contributed by atoms with van der Waals surface area (Å²) in [5.41, 5.74) is 0.608. The van der Waals surface area contributed by atoms with Crippen molar-refractivity contribution in [3.63, 3.8) is 0 Å². The fourth-order valence-electron chi connectivity index (χ4n) is 2.58. The molecule has 0 aromatic heterocycles. The minimum Gasteiger partial charge on any atom is -0.504 e. The number of rotatable bonds is 10. The molecule has 2 aromatic carbocycles. The summed E-state index contributed by atoms with van der Waals surface area (Å²) < 4.78 is 14.3. The highest BCUT2D eigenvalue weighted by atomic mass is 16.6. The van der Waals surface area contributed by atoms with Gasteiger partial charge in [-0.1, -0.05) is 12.1 Å². The third-order valence-electron chi connectivity index (χ3n) is 4.27. The van der Waals surface area contributed by atoms with Crippen molar-refractivity contribution < 1.29 is 58.9 Å². The summed E-state index contributed by atoms with van der Waals surface area (Å²) in [5, 5.41) is 47.0. The Kier molecular flexibility index (Phi) is 8.81. The predicted octanol–water partition coefficient (Wildman–Crippen LogP) is 1.53. The van der Waals surface area contributed by atoms with Crippen LogP contribution < -0.4 is 4.74 Å². The molecular formula is C23H20O12. The second-order valence-corrected chi connectivity index (χ2v) is 6.74. The normalized spacial score (nSPS) is 12.7. The third-order valence-corrected chi connectivity index (χ3v) is 4.27. The summed E-state index contributed by atoms with van der Waals surface area (Å²) in [6, 6.07) is 7.64. The molecule has 0 amide bonds. The van der Waals surface area contributed by atoms with Gasteiger partial charge in [0, 0.05) is 12.2 Å². The standard InChI is InChI=1S/C23H20O12/c1-33-17-11-13(3-7-15(17)25)5-9-19(28)35-21(23(31)32)20(22(29)30)34-18(27)8-4-12-2-6-14(24)16(26)10-12/h2-11,20-21,24-26H,1H3,(H,29,30)(H,31,32)/b8-4+,9-5+/t20-,21+/m0/s1. The Balaban J connectivity index is 2.12. The van der Waals surface area contributed by atoms with Gasteiger partial charge in [0.15, 0.2) is 23.0 Å². The number of phenolic OH excluding ortho intramolecular Hbond substituents is 3. The summed E-state index contributed by atoms with van der Waals surface area (Å²) in [6.45, 7) is 0. The lowest BCUT2D eigenvalue weighted by atomic mass is 10.2. The van der Waals surface area contributed by atoms with E-state index in [1.54, 1.807) is 0 Å². The summed E-state index contributed by atoms with van der Waals surface area (Å²) in [4.78, 5) is 47.2. The Morgan fingerprint density at radius 1 is 0.714 bits per heavy atom. The second kappa shape index (κ2) is 11.7. The van der Waals surface area contributed by atoms with Gasteiger partial charge in [0.2, 0.25) is 12.2 Å². The number of esters is 2. The van der Waals surface area contributed by atoms with Crippen molar-refractivity contribution in [1.29, 1.82) is 0 Å². The minimum absolute atomic E-state index is 0.109. The number of ether oxygens (including phenoxy) is 3. The smallest absolute Gasteiger partial charge is 0.349 e. The summed E-state index contributed by atoms with van der Waals surface area (Å²) >= 11 is 0. The molecule has 0 saturated carbocycles. The first kappa shape index (κ1) is 26.3. The molecule has 0 bridgehead atoms. The van der Waals surface area contributed by atoms with Crippen LogP contribution in [0.3, 0.4) is 0 Å². The lowest BCUT2D eigenvalue weighted by Crippen LogP contribution is -2.45. The van der Waals surface area contributed by atoms with Crippen LogP contribution in [0.4, 0.5) is 0 Å². The van der Waals surface area contributed by atoms with Crippen LogP contribution in [-0.4, -0.2) is 68.7 Å². The molecule has 12 nitrogen and oxygen atoms in total. The molecule has 0 heterocycles. The molecule has 35 heavy (non-hydrogen) atoms. The van der Waals surface area contributed by atoms with E-state index in [2.05, 4.69) is 9.47 Å². The van der Waals surface area contributed by atoms with Gasteiger partial charge in [-0.3, -0.25) is 0 Å². The van der Waals surface area contributed by atoms with Crippen LogP contribution >= 0.6 is 0 Å². The van der Waals surface area contributed by atoms with Crippen LogP contribution in [0.1, 0.15) is 11.1 Å². The highest BCUT2D eigenvalue weighted by Gasteiger charge is 2.40. The number of hydrogen-bond donors (Lipinski definition) is 5. The molecule has 5 N–H and O–H groups in total. The maximum Gasteiger partial charge on any atom is 0.349 e. The number of carbonyl (C=O) groups excluding carboxylic acids is 2. The number of methoxy groups -OCH3 is 1. The molecule has 0 radical (unpaired) electrons. The molecular weight excluding hydrogens is 468 g/mol. The highest BCUT2D eigenvalue weighted by molar-refractivity contribution is 5.93. The lowest BCUT2D eigenvalue weighted by molar-refractivity contribution is -0.183. The maximum atomic E-state index is 12.1. The van der Waals surface area contributed by atoms with E-state index in [0.29, 0.717) is 5.56 Å². The Morgan fingerprint density at radius 2 is 1.17 bits per heavy atom. The zero-order valence-corrected chi connectivity index (χ0v) is 18.0. The number of carboxylic acid groups (broad SMARTS) is 2. The fourth-order valence-corrected chi connectivity index (χ4v) is 2.58. The summed E-state index contributed by atoms with van der Waals surface area (Å²) in [7, 11) is 1.31. The van der Waals surface area contributed by atoms with E-state index in [-0.39, 0.29) is 17.1 Å². The van der Waals surface area contributed by atoms with E-state index < -0.39 is 47.6 Å². The Bertz CT molecular complexity index is 1180. The van der Waals surface area contributed by atoms with Crippen LogP contribution in [0, 0.1) is 0 Å². The second-order valence-electron chi connectivity index (χ2n) is 6.74. The van der Waals surface area contributed by atoms with Gasteiger partial charge in [-0.15, -0.1) is 0 Å². The Morgan fingerprint density at radius 3 is 1.60 bits per heavy atom. The van der Waals surface area contributed by atoms with E-state index >= 15 is 0 Å². The zero-order chi connectivity index (χ0) is 26.1. The van der Waals surface area contributed by atoms with Crippen LogP contribution in [-0.2, 0) is 28.7 Å². The van der Waals surface area contributed by atoms with Crippen LogP contribution in [0.25, 0.3) is 12.2 Å². The first-order valence-electron chi connectivity index (χ1n) is 9.63. The summed E-state index contributed by atoms with van der Waals surface area (Å²) in [5.74, 6) is -7.22. The first-order valence-corrected chi connectivity index (χ1v) is 9.63. The van der Waals surface area contributed by atoms with Crippen molar-refractivity contribution in [2.24, 2.45) is 0 Å². The van der Waals surface area contributed by atoms with Gasteiger partial charge in [0.05, 0.1) is 7.11 Å². The first-order chi connectivity index (χ1) is 16.5. The Hall–Kier alpha value is -5.00. The van der Waals surface area contributed by atoms with Crippen molar-refractivity contribution in [2.75, 3.05) is 7.11 Å². The van der Waals surface area contributed by atoms with Gasteiger partial charge >= 0.3 is 23.9 Å². The predicted molar refractivity (Wildman–Crippen MR) is 118 cm³/mol. The topological polar surface area (TPSA) is 197 Å². The zero-order valence-electron chi connectivity index (χ0n) is 18.0. The SMILES string of the molecule is COc1cc(/C=C/C(=O)O[C@@H](C(=O)O)[C@H](OC(=O)/C=C/c2ccc(O)c(O)c2)C(=O)O)ccc1O. The van der Waals surface area contributed by atoms with Gasteiger partial charge in [-0.05, 0) is 47.5 Å². The lowest BCUT2D eigenvalue weighted by Gasteiger charge is -2.19. The average molecular weight is 488 g/mol. The number of phenols is 3. The van der Waals surface area contributed by atoms with Crippen molar-refractivity contribution in [1.82, 2.24) is 0 Å². The molecule has 0 aliphatic rings. The number of carboxylic acids is 2. The molecule has 2 rings (SSSR count). The van der Waals surface area contributed by atoms with Crippen molar-refractivity contribution in [3.8, 4) is 23.0 Å². The third kappa shape index (κ3) is 7.53. The van der Waals surface area contributed by atoms with Crippen LogP contribution in [0.15, 0.2) is 48.6 Å². The van der Waals surface area contributed by atoms with E-state index in [1.807, 2.05) is 0 Å². The number of aromatic hydroxyl groups is 3. The van der Waals surface area contributed by atoms with Crippen LogP contribution in [0.2, 0.25) is 0 Å². The molecule has 12 heteroatoms. The molecule has 0 spiro atoms. The van der Waals surface area contributed by atoms with E-state index in [0.717, 1.165) is 30.4 Å². The van der Waals surface area contributed by atoms with E-state index in [9.17, 15) is 44.7 Å². The molecule has 0 saturated heterocycles. The molecule has 2 aromatic rings. The van der Waals surface area contributed by atoms with Crippen LogP contribution in [0.5, 0.6) is 23.0 Å².